The molecule has 0 fully saturated rings. The number of methoxy groups -OCH3 is 1. The van der Waals surface area contributed by atoms with Gasteiger partial charge in [0.25, 0.3) is 5.56 Å². The van der Waals surface area contributed by atoms with Crippen LogP contribution in [0.3, 0.4) is 0 Å². The number of pyridine rings is 1. The number of aromatic amines is 1. The Morgan fingerprint density at radius 2 is 2.15 bits per heavy atom. The predicted molar refractivity (Wildman–Crippen MR) is 101 cm³/mol. The minimum Gasteiger partial charge on any atom is -0.465 e. The number of aromatic nitrogens is 4. The summed E-state index contributed by atoms with van der Waals surface area (Å²) < 4.78 is 10.0. The third kappa shape index (κ3) is 4.36. The zero-order chi connectivity index (χ0) is 19.4. The molecular weight excluding hydrogens is 368 g/mol. The summed E-state index contributed by atoms with van der Waals surface area (Å²) in [6.07, 6.45) is 2.46. The molecule has 0 aliphatic rings. The summed E-state index contributed by atoms with van der Waals surface area (Å²) in [5.74, 6) is 1.01. The molecule has 0 amide bonds. The summed E-state index contributed by atoms with van der Waals surface area (Å²) in [6.45, 7) is 3.77. The first-order valence-corrected chi connectivity index (χ1v) is 9.57. The van der Waals surface area contributed by atoms with Crippen molar-refractivity contribution in [3.05, 3.63) is 45.2 Å². The van der Waals surface area contributed by atoms with E-state index in [0.717, 1.165) is 36.5 Å². The molecular formula is C18H20N4O4S. The largest absolute Gasteiger partial charge is 0.465 e. The highest BCUT2D eigenvalue weighted by molar-refractivity contribution is 7.99. The van der Waals surface area contributed by atoms with E-state index in [1.165, 1.54) is 24.9 Å². The lowest BCUT2D eigenvalue weighted by Gasteiger charge is -2.06. The molecule has 142 valence electrons. The molecule has 3 aromatic rings. The number of carbonyl (C=O) groups excluding carboxylic acids is 1. The van der Waals surface area contributed by atoms with Gasteiger partial charge in [-0.3, -0.25) is 4.79 Å². The normalized spacial score (nSPS) is 11.1. The molecule has 0 atom stereocenters. The molecule has 3 rings (SSSR count). The number of thioether (sulfide) groups is 1. The average molecular weight is 388 g/mol. The third-order valence-electron chi connectivity index (χ3n) is 3.96. The quantitative estimate of drug-likeness (QED) is 0.285. The summed E-state index contributed by atoms with van der Waals surface area (Å²) in [5.41, 5.74) is 1.54. The van der Waals surface area contributed by atoms with Crippen LogP contribution in [0.25, 0.3) is 11.0 Å². The van der Waals surface area contributed by atoms with Gasteiger partial charge in [-0.2, -0.15) is 0 Å². The van der Waals surface area contributed by atoms with Gasteiger partial charge in [0.2, 0.25) is 0 Å². The van der Waals surface area contributed by atoms with Crippen molar-refractivity contribution in [3.63, 3.8) is 0 Å². The molecule has 0 bridgehead atoms. The maximum absolute atomic E-state index is 12.5. The van der Waals surface area contributed by atoms with E-state index in [-0.39, 0.29) is 16.6 Å². The van der Waals surface area contributed by atoms with Gasteiger partial charge >= 0.3 is 5.97 Å². The zero-order valence-electron chi connectivity index (χ0n) is 15.4. The number of ether oxygens (including phenoxy) is 1. The Bertz CT molecular complexity index is 1030. The van der Waals surface area contributed by atoms with Crippen LogP contribution >= 0.6 is 11.8 Å². The SMILES string of the molecule is CCc1cc(CCCSc2nc3nc(C)cc(C(=O)OC)c3c(=O)[nH]2)on1. The van der Waals surface area contributed by atoms with Gasteiger partial charge in [0.1, 0.15) is 5.76 Å². The second kappa shape index (κ2) is 8.34. The monoisotopic (exact) mass is 388 g/mol. The molecule has 9 heteroatoms. The molecule has 1 N–H and O–H groups in total. The smallest absolute Gasteiger partial charge is 0.338 e. The van der Waals surface area contributed by atoms with Gasteiger partial charge in [0.15, 0.2) is 10.8 Å². The van der Waals surface area contributed by atoms with Crippen molar-refractivity contribution in [2.24, 2.45) is 0 Å². The van der Waals surface area contributed by atoms with Crippen LogP contribution in [0.4, 0.5) is 0 Å². The summed E-state index contributed by atoms with van der Waals surface area (Å²) in [4.78, 5) is 35.8. The number of nitrogens with one attached hydrogen (secondary N) is 1. The molecule has 0 aliphatic heterocycles. The Hall–Kier alpha value is -2.68. The van der Waals surface area contributed by atoms with Crippen molar-refractivity contribution in [1.29, 1.82) is 0 Å². The molecule has 8 nitrogen and oxygen atoms in total. The van der Waals surface area contributed by atoms with Crippen LogP contribution < -0.4 is 5.56 Å². The maximum atomic E-state index is 12.5. The number of aryl methyl sites for hydroxylation is 3. The van der Waals surface area contributed by atoms with E-state index in [1.54, 1.807) is 6.92 Å². The number of rotatable bonds is 7. The first kappa shape index (κ1) is 19.1. The van der Waals surface area contributed by atoms with E-state index in [0.29, 0.717) is 10.9 Å². The Balaban J connectivity index is 1.74. The molecule has 0 saturated carbocycles. The number of carbonyl (C=O) groups is 1. The van der Waals surface area contributed by atoms with Gasteiger partial charge in [-0.1, -0.05) is 23.8 Å². The van der Waals surface area contributed by atoms with Crippen molar-refractivity contribution < 1.29 is 14.1 Å². The van der Waals surface area contributed by atoms with Gasteiger partial charge in [-0.05, 0) is 25.8 Å². The van der Waals surface area contributed by atoms with E-state index in [9.17, 15) is 9.59 Å². The lowest BCUT2D eigenvalue weighted by atomic mass is 10.1. The number of H-pyrrole nitrogens is 1. The van der Waals surface area contributed by atoms with Crippen molar-refractivity contribution in [2.75, 3.05) is 12.9 Å². The van der Waals surface area contributed by atoms with Crippen LogP contribution in [0.1, 0.15) is 40.9 Å². The summed E-state index contributed by atoms with van der Waals surface area (Å²) in [7, 11) is 1.27. The molecule has 0 saturated heterocycles. The molecule has 27 heavy (non-hydrogen) atoms. The summed E-state index contributed by atoms with van der Waals surface area (Å²) in [5, 5.41) is 4.58. The topological polar surface area (TPSA) is 111 Å². The number of fused-ring (bicyclic) bond motifs is 1. The zero-order valence-corrected chi connectivity index (χ0v) is 16.2. The standard InChI is InChI=1S/C18H20N4O4S/c1-4-11-9-12(26-22-11)6-5-7-27-18-20-15-14(16(23)21-18)13(17(24)25-3)8-10(2)19-15/h8-9H,4-7H2,1-3H3,(H,19,20,21,23). The third-order valence-corrected chi connectivity index (χ3v) is 4.92. The Morgan fingerprint density at radius 3 is 2.85 bits per heavy atom. The maximum Gasteiger partial charge on any atom is 0.338 e. The molecule has 0 radical (unpaired) electrons. The first-order valence-electron chi connectivity index (χ1n) is 8.59. The number of hydrogen-bond donors (Lipinski definition) is 1. The van der Waals surface area contributed by atoms with E-state index in [2.05, 4.69) is 20.1 Å². The lowest BCUT2D eigenvalue weighted by molar-refractivity contribution is 0.0602. The second-order valence-electron chi connectivity index (χ2n) is 5.96. The molecule has 3 aromatic heterocycles. The van der Waals surface area contributed by atoms with Gasteiger partial charge in [-0.25, -0.2) is 14.8 Å². The van der Waals surface area contributed by atoms with Crippen LogP contribution in [-0.2, 0) is 17.6 Å². The molecule has 0 aromatic carbocycles. The van der Waals surface area contributed by atoms with Gasteiger partial charge < -0.3 is 14.2 Å². The van der Waals surface area contributed by atoms with Crippen molar-refractivity contribution in [3.8, 4) is 0 Å². The van der Waals surface area contributed by atoms with Crippen molar-refractivity contribution in [1.82, 2.24) is 20.1 Å². The lowest BCUT2D eigenvalue weighted by Crippen LogP contribution is -2.16. The highest BCUT2D eigenvalue weighted by Gasteiger charge is 2.17. The minimum atomic E-state index is -0.586. The van der Waals surface area contributed by atoms with E-state index < -0.39 is 11.5 Å². The van der Waals surface area contributed by atoms with Crippen molar-refractivity contribution >= 4 is 28.8 Å². The molecule has 0 spiro atoms. The van der Waals surface area contributed by atoms with Crippen molar-refractivity contribution in [2.45, 2.75) is 38.3 Å². The highest BCUT2D eigenvalue weighted by atomic mass is 32.2. The Labute approximate surface area is 159 Å². The van der Waals surface area contributed by atoms with Gasteiger partial charge in [-0.15, -0.1) is 0 Å². The summed E-state index contributed by atoms with van der Waals surface area (Å²) >= 11 is 1.42. The molecule has 0 unspecified atom stereocenters. The van der Waals surface area contributed by atoms with Gasteiger partial charge in [0, 0.05) is 23.9 Å². The number of hydrogen-bond acceptors (Lipinski definition) is 8. The van der Waals surface area contributed by atoms with Crippen LogP contribution in [0.5, 0.6) is 0 Å². The average Bonchev–Trinajstić information content (AvgIpc) is 3.11. The Morgan fingerprint density at radius 1 is 1.33 bits per heavy atom. The van der Waals surface area contributed by atoms with Crippen LogP contribution in [0, 0.1) is 6.92 Å². The second-order valence-corrected chi connectivity index (χ2v) is 7.05. The van der Waals surface area contributed by atoms with Gasteiger partial charge in [0.05, 0.1) is 23.8 Å². The number of esters is 1. The molecule has 0 aliphatic carbocycles. The predicted octanol–water partition coefficient (Wildman–Crippen LogP) is 2.69. The minimum absolute atomic E-state index is 0.144. The number of nitrogens with zero attached hydrogens (tertiary/aromatic N) is 3. The van der Waals surface area contributed by atoms with E-state index in [4.69, 9.17) is 9.26 Å². The fourth-order valence-electron chi connectivity index (χ4n) is 2.64. The fourth-order valence-corrected chi connectivity index (χ4v) is 3.44. The van der Waals surface area contributed by atoms with Crippen LogP contribution in [0.2, 0.25) is 0 Å². The molecule has 3 heterocycles. The van der Waals surface area contributed by atoms with E-state index in [1.807, 2.05) is 13.0 Å². The van der Waals surface area contributed by atoms with Crippen LogP contribution in [0.15, 0.2) is 26.6 Å². The summed E-state index contributed by atoms with van der Waals surface area (Å²) in [6, 6.07) is 3.49. The van der Waals surface area contributed by atoms with Crippen LogP contribution in [-0.4, -0.2) is 38.9 Å². The first-order chi connectivity index (χ1) is 13.0. The fraction of sp³-hybridized carbons (Fsp3) is 0.389. The Kier molecular flexibility index (Phi) is 5.90. The highest BCUT2D eigenvalue weighted by Crippen LogP contribution is 2.19. The van der Waals surface area contributed by atoms with E-state index >= 15 is 0 Å².